The summed E-state index contributed by atoms with van der Waals surface area (Å²) in [5.41, 5.74) is 4.43. The lowest BCUT2D eigenvalue weighted by atomic mass is 10.1. The standard InChI is InChI=1S/C23H20FN3O/c1-16-15-22(23(26-17(16)2)21-5-3-4-12-25-21)28-20-10-13-27(14-11-20)19-8-6-18(24)7-9-19/h3-13,15H,14H2,1-2H3. The van der Waals surface area contributed by atoms with E-state index >= 15 is 0 Å². The van der Waals surface area contributed by atoms with E-state index in [1.165, 1.54) is 12.1 Å². The number of allylic oxidation sites excluding steroid dienone is 1. The third kappa shape index (κ3) is 3.78. The van der Waals surface area contributed by atoms with Gasteiger partial charge in [0.25, 0.3) is 0 Å². The Morgan fingerprint density at radius 3 is 2.57 bits per heavy atom. The van der Waals surface area contributed by atoms with E-state index in [0.29, 0.717) is 12.3 Å². The smallest absolute Gasteiger partial charge is 0.155 e. The Hall–Kier alpha value is -3.47. The van der Waals surface area contributed by atoms with Gasteiger partial charge in [0.2, 0.25) is 0 Å². The molecule has 0 radical (unpaired) electrons. The molecule has 4 rings (SSSR count). The van der Waals surface area contributed by atoms with Crippen LogP contribution in [0.3, 0.4) is 0 Å². The summed E-state index contributed by atoms with van der Waals surface area (Å²) in [5.74, 6) is 1.17. The van der Waals surface area contributed by atoms with E-state index in [1.54, 1.807) is 18.3 Å². The number of anilines is 1. The molecule has 0 fully saturated rings. The van der Waals surface area contributed by atoms with Gasteiger partial charge in [-0.25, -0.2) is 9.37 Å². The summed E-state index contributed by atoms with van der Waals surface area (Å²) < 4.78 is 19.3. The van der Waals surface area contributed by atoms with E-state index in [2.05, 4.69) is 4.98 Å². The van der Waals surface area contributed by atoms with Crippen LogP contribution in [0.15, 0.2) is 78.8 Å². The summed E-state index contributed by atoms with van der Waals surface area (Å²) in [7, 11) is 0. The minimum atomic E-state index is -0.242. The summed E-state index contributed by atoms with van der Waals surface area (Å²) >= 11 is 0. The summed E-state index contributed by atoms with van der Waals surface area (Å²) in [6.07, 6.45) is 7.55. The zero-order chi connectivity index (χ0) is 19.5. The first-order chi connectivity index (χ1) is 13.6. The predicted octanol–water partition coefficient (Wildman–Crippen LogP) is 5.20. The number of benzene rings is 1. The van der Waals surface area contributed by atoms with Crippen LogP contribution in [0.4, 0.5) is 10.1 Å². The van der Waals surface area contributed by atoms with Gasteiger partial charge in [0.1, 0.15) is 17.3 Å². The zero-order valence-corrected chi connectivity index (χ0v) is 15.8. The lowest BCUT2D eigenvalue weighted by Gasteiger charge is -2.23. The Kier molecular flexibility index (Phi) is 4.89. The Balaban J connectivity index is 1.57. The number of nitrogens with zero attached hydrogens (tertiary/aromatic N) is 3. The van der Waals surface area contributed by atoms with Gasteiger partial charge < -0.3 is 9.64 Å². The molecule has 0 saturated carbocycles. The molecular weight excluding hydrogens is 353 g/mol. The fourth-order valence-corrected chi connectivity index (χ4v) is 2.95. The van der Waals surface area contributed by atoms with E-state index in [0.717, 1.165) is 34.1 Å². The number of hydrogen-bond donors (Lipinski definition) is 0. The van der Waals surface area contributed by atoms with Gasteiger partial charge >= 0.3 is 0 Å². The molecule has 0 aliphatic carbocycles. The Morgan fingerprint density at radius 2 is 1.89 bits per heavy atom. The van der Waals surface area contributed by atoms with E-state index < -0.39 is 0 Å². The maximum atomic E-state index is 13.1. The average Bonchev–Trinajstić information content (AvgIpc) is 2.72. The predicted molar refractivity (Wildman–Crippen MR) is 109 cm³/mol. The van der Waals surface area contributed by atoms with Gasteiger partial charge in [-0.2, -0.15) is 0 Å². The molecule has 1 aliphatic rings. The second-order valence-corrected chi connectivity index (χ2v) is 6.61. The minimum absolute atomic E-state index is 0.242. The average molecular weight is 373 g/mol. The molecule has 1 aliphatic heterocycles. The molecule has 4 nitrogen and oxygen atoms in total. The summed E-state index contributed by atoms with van der Waals surface area (Å²) in [6.45, 7) is 4.62. The van der Waals surface area contributed by atoms with Crippen LogP contribution in [-0.4, -0.2) is 16.5 Å². The first-order valence-electron chi connectivity index (χ1n) is 9.08. The van der Waals surface area contributed by atoms with Crippen molar-refractivity contribution in [2.45, 2.75) is 13.8 Å². The van der Waals surface area contributed by atoms with Crippen LogP contribution in [0.25, 0.3) is 11.4 Å². The van der Waals surface area contributed by atoms with E-state index in [-0.39, 0.29) is 5.82 Å². The number of pyridine rings is 2. The van der Waals surface area contributed by atoms with Crippen molar-refractivity contribution in [1.82, 2.24) is 9.97 Å². The molecule has 0 N–H and O–H groups in total. The monoisotopic (exact) mass is 373 g/mol. The van der Waals surface area contributed by atoms with Crippen molar-refractivity contribution in [1.29, 1.82) is 0 Å². The zero-order valence-electron chi connectivity index (χ0n) is 15.8. The van der Waals surface area contributed by atoms with Gasteiger partial charge in [-0.1, -0.05) is 6.07 Å². The van der Waals surface area contributed by atoms with Crippen molar-refractivity contribution < 1.29 is 9.13 Å². The van der Waals surface area contributed by atoms with Crippen molar-refractivity contribution in [2.75, 3.05) is 11.4 Å². The molecule has 3 heterocycles. The molecule has 0 bridgehead atoms. The molecule has 140 valence electrons. The lowest BCUT2D eigenvalue weighted by Crippen LogP contribution is -2.19. The Labute approximate surface area is 163 Å². The van der Waals surface area contributed by atoms with Crippen molar-refractivity contribution in [3.05, 3.63) is 95.9 Å². The summed E-state index contributed by atoms with van der Waals surface area (Å²) in [5, 5.41) is 0. The van der Waals surface area contributed by atoms with Gasteiger partial charge in [0.15, 0.2) is 5.75 Å². The molecule has 2 aromatic heterocycles. The number of ether oxygens (including phenoxy) is 1. The fourth-order valence-electron chi connectivity index (χ4n) is 2.95. The van der Waals surface area contributed by atoms with Crippen molar-refractivity contribution in [2.24, 2.45) is 0 Å². The molecule has 0 saturated heterocycles. The van der Waals surface area contributed by atoms with Crippen LogP contribution in [0.5, 0.6) is 5.75 Å². The maximum Gasteiger partial charge on any atom is 0.155 e. The molecule has 0 spiro atoms. The van der Waals surface area contributed by atoms with Crippen molar-refractivity contribution >= 4 is 5.69 Å². The van der Waals surface area contributed by atoms with Crippen LogP contribution in [0.1, 0.15) is 11.3 Å². The van der Waals surface area contributed by atoms with Gasteiger partial charge in [0.05, 0.1) is 5.69 Å². The van der Waals surface area contributed by atoms with Gasteiger partial charge in [-0.15, -0.1) is 0 Å². The third-order valence-electron chi connectivity index (χ3n) is 4.63. The van der Waals surface area contributed by atoms with E-state index in [9.17, 15) is 4.39 Å². The Bertz CT molecular complexity index is 1040. The number of rotatable bonds is 4. The number of aromatic nitrogens is 2. The summed E-state index contributed by atoms with van der Waals surface area (Å²) in [6, 6.07) is 14.2. The molecular formula is C23H20FN3O. The normalized spacial score (nSPS) is 13.4. The maximum absolute atomic E-state index is 13.1. The van der Waals surface area contributed by atoms with E-state index in [1.807, 2.05) is 61.4 Å². The largest absolute Gasteiger partial charge is 0.455 e. The van der Waals surface area contributed by atoms with Gasteiger partial charge in [-0.3, -0.25) is 4.98 Å². The SMILES string of the molecule is Cc1cc(OC2=CCN(c3ccc(F)cc3)C=C2)c(-c2ccccn2)nc1C. The second kappa shape index (κ2) is 7.64. The van der Waals surface area contributed by atoms with Crippen LogP contribution < -0.4 is 9.64 Å². The third-order valence-corrected chi connectivity index (χ3v) is 4.63. The van der Waals surface area contributed by atoms with Crippen LogP contribution in [-0.2, 0) is 0 Å². The molecule has 1 aromatic carbocycles. The topological polar surface area (TPSA) is 38.2 Å². The highest BCUT2D eigenvalue weighted by molar-refractivity contribution is 5.64. The highest BCUT2D eigenvalue weighted by atomic mass is 19.1. The second-order valence-electron chi connectivity index (χ2n) is 6.61. The van der Waals surface area contributed by atoms with Crippen LogP contribution in [0.2, 0.25) is 0 Å². The Morgan fingerprint density at radius 1 is 1.07 bits per heavy atom. The molecule has 3 aromatic rings. The van der Waals surface area contributed by atoms with E-state index in [4.69, 9.17) is 9.72 Å². The molecule has 28 heavy (non-hydrogen) atoms. The first-order valence-corrected chi connectivity index (χ1v) is 9.08. The lowest BCUT2D eigenvalue weighted by molar-refractivity contribution is 0.439. The first kappa shape index (κ1) is 17.9. The highest BCUT2D eigenvalue weighted by Gasteiger charge is 2.15. The quantitative estimate of drug-likeness (QED) is 0.630. The highest BCUT2D eigenvalue weighted by Crippen LogP contribution is 2.31. The molecule has 0 unspecified atom stereocenters. The van der Waals surface area contributed by atoms with Crippen molar-refractivity contribution in [3.8, 4) is 17.1 Å². The van der Waals surface area contributed by atoms with Gasteiger partial charge in [0, 0.05) is 30.3 Å². The molecule has 0 atom stereocenters. The molecule has 0 amide bonds. The van der Waals surface area contributed by atoms with Crippen LogP contribution >= 0.6 is 0 Å². The minimum Gasteiger partial charge on any atom is -0.455 e. The number of hydrogen-bond acceptors (Lipinski definition) is 4. The summed E-state index contributed by atoms with van der Waals surface area (Å²) in [4.78, 5) is 11.1. The van der Waals surface area contributed by atoms with Gasteiger partial charge in [-0.05, 0) is 74.0 Å². The number of aryl methyl sites for hydroxylation is 2. The molecule has 5 heteroatoms. The van der Waals surface area contributed by atoms with Crippen LogP contribution in [0, 0.1) is 19.7 Å². The fraction of sp³-hybridized carbons (Fsp3) is 0.130. The number of halogens is 1. The van der Waals surface area contributed by atoms with Crippen molar-refractivity contribution in [3.63, 3.8) is 0 Å².